The van der Waals surface area contributed by atoms with Crippen molar-refractivity contribution in [1.82, 2.24) is 0 Å². The molecule has 0 bridgehead atoms. The first-order chi connectivity index (χ1) is 19.0. The summed E-state index contributed by atoms with van der Waals surface area (Å²) in [5.74, 6) is 3.68. The zero-order chi connectivity index (χ0) is 26.8. The molecule has 4 atom stereocenters. The van der Waals surface area contributed by atoms with E-state index in [0.717, 1.165) is 44.7 Å². The van der Waals surface area contributed by atoms with E-state index in [1.54, 1.807) is 0 Å². The van der Waals surface area contributed by atoms with Crippen LogP contribution in [0.1, 0.15) is 22.3 Å². The van der Waals surface area contributed by atoms with Gasteiger partial charge in [0.25, 0.3) is 0 Å². The molecule has 0 radical (unpaired) electrons. The summed E-state index contributed by atoms with van der Waals surface area (Å²) in [7, 11) is 8.43. The third-order valence-corrected chi connectivity index (χ3v) is 10.1. The summed E-state index contributed by atoms with van der Waals surface area (Å²) >= 11 is 0. The van der Waals surface area contributed by atoms with Crippen molar-refractivity contribution < 1.29 is 288 Å². The summed E-state index contributed by atoms with van der Waals surface area (Å²) in [5, 5.41) is 4.28. The molecule has 0 fully saturated rings. The van der Waals surface area contributed by atoms with Crippen molar-refractivity contribution >= 4 is 57.4 Å². The second-order valence-electron chi connectivity index (χ2n) is 10.2. The molecule has 252 valence electrons. The van der Waals surface area contributed by atoms with Gasteiger partial charge < -0.3 is 18.9 Å². The summed E-state index contributed by atoms with van der Waals surface area (Å²) in [5.41, 5.74) is 4.17. The van der Waals surface area contributed by atoms with Crippen molar-refractivity contribution in [2.75, 3.05) is 26.4 Å². The van der Waals surface area contributed by atoms with Gasteiger partial charge in [-0.25, -0.2) is 0 Å². The van der Waals surface area contributed by atoms with E-state index in [0.29, 0.717) is 26.4 Å². The zero-order valence-corrected chi connectivity index (χ0v) is 32.8. The molecule has 2 spiro atoms. The van der Waals surface area contributed by atoms with Crippen LogP contribution in [0.25, 0.3) is 0 Å². The van der Waals surface area contributed by atoms with Crippen molar-refractivity contribution in [3.8, 4) is 23.0 Å². The van der Waals surface area contributed by atoms with Gasteiger partial charge in [0.15, 0.2) is 8.46 Å². The topological polar surface area (TPSA) is 54.0 Å². The van der Waals surface area contributed by atoms with E-state index in [2.05, 4.69) is 45.9 Å². The molecule has 8 rings (SSSR count). The van der Waals surface area contributed by atoms with E-state index in [9.17, 15) is 4.57 Å². The van der Waals surface area contributed by atoms with Crippen molar-refractivity contribution in [3.63, 3.8) is 0 Å². The van der Waals surface area contributed by atoms with Gasteiger partial charge in [0.2, 0.25) is 0 Å². The first kappa shape index (κ1) is 52.3. The molecular formula is C30H26Ar7O5P4. The van der Waals surface area contributed by atoms with Gasteiger partial charge in [-0.2, -0.15) is 0 Å². The zero-order valence-electron chi connectivity index (χ0n) is 23.5. The van der Waals surface area contributed by atoms with Crippen LogP contribution in [0.15, 0.2) is 72.8 Å². The van der Waals surface area contributed by atoms with E-state index in [1.165, 1.54) is 21.7 Å². The fourth-order valence-corrected chi connectivity index (χ4v) is 8.60. The van der Waals surface area contributed by atoms with Crippen molar-refractivity contribution in [2.24, 2.45) is 0 Å². The molecule has 0 aliphatic carbocycles. The average molecular weight is 870 g/mol. The second kappa shape index (κ2) is 22.9. The van der Waals surface area contributed by atoms with Gasteiger partial charge in [-0.1, -0.05) is 42.5 Å². The molecule has 0 aromatic heterocycles. The Bertz CT molecular complexity index is 1620. The third kappa shape index (κ3) is 9.69. The van der Waals surface area contributed by atoms with Gasteiger partial charge in [-0.15, -0.1) is 27.7 Å². The summed E-state index contributed by atoms with van der Waals surface area (Å²) in [6, 6.07) is 24.1. The fourth-order valence-electron chi connectivity index (χ4n) is 6.45. The summed E-state index contributed by atoms with van der Waals surface area (Å²) in [4.78, 5) is 0. The van der Waals surface area contributed by atoms with Crippen LogP contribution in [0.3, 0.4) is 0 Å². The van der Waals surface area contributed by atoms with Gasteiger partial charge in [-0.05, 0) is 46.2 Å². The predicted octanol–water partition coefficient (Wildman–Crippen LogP) is 3.93. The Morgan fingerprint density at radius 3 is 1.07 bits per heavy atom. The van der Waals surface area contributed by atoms with E-state index in [-0.39, 0.29) is 283 Å². The van der Waals surface area contributed by atoms with Crippen LogP contribution < -0.4 is 40.2 Å². The number of hydrogen-bond acceptors (Lipinski definition) is 5. The number of hydrogen-bond donors (Lipinski definition) is 0. The Kier molecular flexibility index (Phi) is 26.0. The average Bonchev–Trinajstić information content (AvgIpc) is 3.72. The van der Waals surface area contributed by atoms with Crippen LogP contribution in [-0.2, 0) is 15.4 Å². The molecule has 0 amide bonds. The van der Waals surface area contributed by atoms with Crippen molar-refractivity contribution in [2.45, 2.75) is 10.8 Å². The van der Waals surface area contributed by atoms with Gasteiger partial charge in [-0.3, -0.25) is 4.57 Å². The molecule has 4 heterocycles. The molecular weight excluding hydrogens is 844 g/mol. The summed E-state index contributed by atoms with van der Waals surface area (Å²) < 4.78 is 35.1. The van der Waals surface area contributed by atoms with Gasteiger partial charge in [0.05, 0.1) is 16.1 Å². The largest absolute Gasteiger partial charge is 0.492 e. The number of benzene rings is 4. The van der Waals surface area contributed by atoms with Crippen LogP contribution in [0.4, 0.5) is 0 Å². The summed E-state index contributed by atoms with van der Waals surface area (Å²) in [6.07, 6.45) is 0. The van der Waals surface area contributed by atoms with Crippen molar-refractivity contribution in [1.29, 1.82) is 0 Å². The molecule has 4 aliphatic rings. The molecule has 5 nitrogen and oxygen atoms in total. The van der Waals surface area contributed by atoms with Crippen molar-refractivity contribution in [3.05, 3.63) is 95.1 Å². The normalized spacial score (nSPS) is 17.1. The molecule has 4 aliphatic heterocycles. The van der Waals surface area contributed by atoms with Crippen LogP contribution in [0.2, 0.25) is 0 Å². The minimum absolute atomic E-state index is 0. The second-order valence-corrected chi connectivity index (χ2v) is 12.8. The smallest absolute Gasteiger partial charge is 0.192 e. The SMILES string of the molecule is O=Pc1cccc2c1C1(COc3cccc(P)c31)CO2.Pc1cccc2c1C1(CO2)COc2cccc(P)c21.[Ar].[Ar].[Ar].[Ar].[Ar].[Ar].[Ar]. The maximum atomic E-state index is 11.5. The quantitative estimate of drug-likeness (QED) is 0.272. The molecule has 16 heteroatoms. The first-order valence-electron chi connectivity index (χ1n) is 12.6. The van der Waals surface area contributed by atoms with E-state index in [1.807, 2.05) is 54.6 Å². The maximum absolute atomic E-state index is 11.5. The van der Waals surface area contributed by atoms with Gasteiger partial charge in [0.1, 0.15) is 49.4 Å². The van der Waals surface area contributed by atoms with Crippen LogP contribution in [0.5, 0.6) is 23.0 Å². The Morgan fingerprint density at radius 2 is 0.739 bits per heavy atom. The molecule has 0 N–H and O–H groups in total. The van der Waals surface area contributed by atoms with Gasteiger partial charge in [0, 0.05) is 286 Å². The molecule has 0 saturated heterocycles. The van der Waals surface area contributed by atoms with Gasteiger partial charge >= 0.3 is 0 Å². The van der Waals surface area contributed by atoms with Crippen LogP contribution >= 0.6 is 36.2 Å². The molecule has 4 aromatic carbocycles. The number of ether oxygens (including phenoxy) is 4. The number of fused-ring (bicyclic) bond motifs is 8. The first-order valence-corrected chi connectivity index (χ1v) is 15.2. The van der Waals surface area contributed by atoms with Crippen LogP contribution in [-0.4, -0.2) is 26.4 Å². The number of rotatable bonds is 1. The molecule has 46 heavy (non-hydrogen) atoms. The Hall–Kier alpha value is 6.29. The van der Waals surface area contributed by atoms with E-state index >= 15 is 0 Å². The minimum Gasteiger partial charge on any atom is -0.492 e. The third-order valence-electron chi connectivity index (χ3n) is 8.09. The fraction of sp³-hybridized carbons (Fsp3) is 0.200. The Labute approximate surface area is 488 Å². The minimum atomic E-state index is -0.336. The van der Waals surface area contributed by atoms with E-state index in [4.69, 9.17) is 18.9 Å². The molecule has 0 saturated carbocycles. The summed E-state index contributed by atoms with van der Waals surface area (Å²) in [6.45, 7) is 2.39. The molecule has 4 unspecified atom stereocenters. The maximum Gasteiger partial charge on any atom is 0.192 e. The van der Waals surface area contributed by atoms with E-state index < -0.39 is 0 Å². The Morgan fingerprint density at radius 1 is 0.457 bits per heavy atom. The standard InChI is InChI=1S/C15H12O3P2.C15H14O2P2.7Ar/c16-20-12-6-2-4-10-14(12)15(8-18-10)7-17-9-3-1-5-11(19)13(9)15;18-11-5-1-3-9-13(11)15(7-16-9)8-17-10-4-2-6-12(19)14(10)15;;;;;;;/h1-6H,7-8,19H2;1-6H,7-8,18-19H2;;;;;;;. The Balaban J connectivity index is 0.000000765. The monoisotopic (exact) mass is 870 g/mol. The predicted molar refractivity (Wildman–Crippen MR) is 165 cm³/mol. The molecule has 4 aromatic rings. The van der Waals surface area contributed by atoms with Crippen LogP contribution in [0, 0.1) is 264 Å².